The maximum atomic E-state index is 11.4. The monoisotopic (exact) mass is 338 g/mol. The van der Waals surface area contributed by atoms with Crippen LogP contribution in [0.3, 0.4) is 0 Å². The number of hydrogen-bond acceptors (Lipinski definition) is 3. The fourth-order valence-electron chi connectivity index (χ4n) is 2.97. The zero-order valence-electron chi connectivity index (χ0n) is 12.5. The Morgan fingerprint density at radius 3 is 2.85 bits per heavy atom. The molecule has 0 aliphatic carbocycles. The molecule has 1 fully saturated rings. The van der Waals surface area contributed by atoms with Crippen LogP contribution in [0.25, 0.3) is 0 Å². The quantitative estimate of drug-likeness (QED) is 0.766. The molecular formula is C16H23BrN2O. The van der Waals surface area contributed by atoms with Crippen molar-refractivity contribution in [3.05, 3.63) is 28.2 Å². The van der Waals surface area contributed by atoms with Crippen molar-refractivity contribution in [2.75, 3.05) is 31.6 Å². The summed E-state index contributed by atoms with van der Waals surface area (Å²) < 4.78 is 0.994. The Hall–Kier alpha value is -0.870. The molecule has 1 saturated heterocycles. The molecule has 0 radical (unpaired) electrons. The summed E-state index contributed by atoms with van der Waals surface area (Å²) in [5, 5.41) is 0. The lowest BCUT2D eigenvalue weighted by Crippen LogP contribution is -2.38. The van der Waals surface area contributed by atoms with Gasteiger partial charge in [-0.05, 0) is 67.0 Å². The van der Waals surface area contributed by atoms with Crippen LogP contribution in [-0.4, -0.2) is 43.4 Å². The molecule has 1 aliphatic rings. The highest BCUT2D eigenvalue weighted by Gasteiger charge is 2.24. The van der Waals surface area contributed by atoms with Gasteiger partial charge in [0.15, 0.2) is 5.78 Å². The van der Waals surface area contributed by atoms with Crippen molar-refractivity contribution in [3.8, 4) is 0 Å². The fourth-order valence-corrected chi connectivity index (χ4v) is 3.65. The van der Waals surface area contributed by atoms with Crippen molar-refractivity contribution in [2.45, 2.75) is 32.7 Å². The third-order valence-corrected chi connectivity index (χ3v) is 4.79. The summed E-state index contributed by atoms with van der Waals surface area (Å²) >= 11 is 3.59. The third kappa shape index (κ3) is 3.41. The minimum atomic E-state index is 0.104. The molecule has 1 atom stereocenters. The van der Waals surface area contributed by atoms with Crippen molar-refractivity contribution < 1.29 is 4.79 Å². The number of ketones is 1. The van der Waals surface area contributed by atoms with Crippen molar-refractivity contribution in [3.63, 3.8) is 0 Å². The molecule has 0 saturated carbocycles. The van der Waals surface area contributed by atoms with Crippen LogP contribution in [0.5, 0.6) is 0 Å². The molecule has 1 aliphatic heterocycles. The van der Waals surface area contributed by atoms with Crippen LogP contribution < -0.4 is 4.90 Å². The summed E-state index contributed by atoms with van der Waals surface area (Å²) in [4.78, 5) is 16.2. The summed E-state index contributed by atoms with van der Waals surface area (Å²) in [6.45, 7) is 7.22. The number of hydrogen-bond donors (Lipinski definition) is 0. The van der Waals surface area contributed by atoms with E-state index in [1.807, 2.05) is 18.2 Å². The van der Waals surface area contributed by atoms with Crippen LogP contribution in [0.1, 0.15) is 37.0 Å². The minimum absolute atomic E-state index is 0.104. The lowest BCUT2D eigenvalue weighted by atomic mass is 10.1. The van der Waals surface area contributed by atoms with E-state index in [1.54, 1.807) is 6.92 Å². The first-order chi connectivity index (χ1) is 9.52. The standard InChI is InChI=1S/C16H23BrN2O/c1-4-19-9-5-6-14(19)11-18(3)16-8-7-13(12(2)20)10-15(16)17/h7-8,10,14H,4-6,9,11H2,1-3H3. The summed E-state index contributed by atoms with van der Waals surface area (Å²) in [6, 6.07) is 6.50. The number of nitrogens with zero attached hydrogens (tertiary/aromatic N) is 2. The number of rotatable bonds is 5. The van der Waals surface area contributed by atoms with E-state index in [2.05, 4.69) is 39.7 Å². The first-order valence-electron chi connectivity index (χ1n) is 7.28. The molecule has 0 N–H and O–H groups in total. The number of carbonyl (C=O) groups is 1. The number of halogens is 1. The van der Waals surface area contributed by atoms with E-state index in [0.717, 1.165) is 28.8 Å². The number of likely N-dealkylation sites (N-methyl/N-ethyl adjacent to an activating group) is 2. The third-order valence-electron chi connectivity index (χ3n) is 4.16. The SMILES string of the molecule is CCN1CCCC1CN(C)c1ccc(C(C)=O)cc1Br. The van der Waals surface area contributed by atoms with Gasteiger partial charge in [-0.25, -0.2) is 0 Å². The second-order valence-electron chi connectivity index (χ2n) is 5.53. The molecule has 110 valence electrons. The predicted molar refractivity (Wildman–Crippen MR) is 87.7 cm³/mol. The Labute approximate surface area is 130 Å². The molecule has 4 heteroatoms. The van der Waals surface area contributed by atoms with Gasteiger partial charge in [0.1, 0.15) is 0 Å². The Balaban J connectivity index is 2.09. The number of Topliss-reactive ketones (excluding diaryl/α,β-unsaturated/α-hetero) is 1. The van der Waals surface area contributed by atoms with E-state index in [1.165, 1.54) is 19.4 Å². The van der Waals surface area contributed by atoms with Crippen molar-refractivity contribution >= 4 is 27.4 Å². The Bertz CT molecular complexity index is 489. The van der Waals surface area contributed by atoms with Crippen LogP contribution in [0.4, 0.5) is 5.69 Å². The molecule has 0 amide bonds. The lowest BCUT2D eigenvalue weighted by Gasteiger charge is -2.29. The molecule has 0 aromatic heterocycles. The smallest absolute Gasteiger partial charge is 0.159 e. The molecule has 0 bridgehead atoms. The van der Waals surface area contributed by atoms with Gasteiger partial charge in [0.25, 0.3) is 0 Å². The Morgan fingerprint density at radius 2 is 2.25 bits per heavy atom. The second-order valence-corrected chi connectivity index (χ2v) is 6.38. The van der Waals surface area contributed by atoms with Gasteiger partial charge < -0.3 is 4.90 Å². The fraction of sp³-hybridized carbons (Fsp3) is 0.562. The van der Waals surface area contributed by atoms with Gasteiger partial charge in [-0.1, -0.05) is 6.92 Å². The predicted octanol–water partition coefficient (Wildman–Crippen LogP) is 3.57. The van der Waals surface area contributed by atoms with Gasteiger partial charge >= 0.3 is 0 Å². The highest BCUT2D eigenvalue weighted by Crippen LogP contribution is 2.28. The maximum absolute atomic E-state index is 11.4. The zero-order chi connectivity index (χ0) is 14.7. The van der Waals surface area contributed by atoms with Gasteiger partial charge in [-0.3, -0.25) is 9.69 Å². The molecule has 1 unspecified atom stereocenters. The van der Waals surface area contributed by atoms with Crippen molar-refractivity contribution in [1.29, 1.82) is 0 Å². The van der Waals surface area contributed by atoms with E-state index in [-0.39, 0.29) is 5.78 Å². The van der Waals surface area contributed by atoms with Crippen molar-refractivity contribution in [1.82, 2.24) is 4.90 Å². The summed E-state index contributed by atoms with van der Waals surface area (Å²) in [5.74, 6) is 0.104. The summed E-state index contributed by atoms with van der Waals surface area (Å²) in [5.41, 5.74) is 1.91. The van der Waals surface area contributed by atoms with Gasteiger partial charge in [-0.15, -0.1) is 0 Å². The summed E-state index contributed by atoms with van der Waals surface area (Å²) in [7, 11) is 2.12. The molecule has 1 aromatic carbocycles. The van der Waals surface area contributed by atoms with Crippen molar-refractivity contribution in [2.24, 2.45) is 0 Å². The first-order valence-corrected chi connectivity index (χ1v) is 8.08. The van der Waals surface area contributed by atoms with E-state index in [0.29, 0.717) is 6.04 Å². The van der Waals surface area contributed by atoms with E-state index in [9.17, 15) is 4.79 Å². The minimum Gasteiger partial charge on any atom is -0.372 e. The lowest BCUT2D eigenvalue weighted by molar-refractivity contribution is 0.101. The Kier molecular flexibility index (Phi) is 5.22. The number of anilines is 1. The average molecular weight is 339 g/mol. The number of carbonyl (C=O) groups excluding carboxylic acids is 1. The average Bonchev–Trinajstić information content (AvgIpc) is 2.85. The summed E-state index contributed by atoms with van der Waals surface area (Å²) in [6.07, 6.45) is 2.58. The van der Waals surface area contributed by atoms with Gasteiger partial charge in [0, 0.05) is 29.7 Å². The molecule has 1 heterocycles. The Morgan fingerprint density at radius 1 is 1.50 bits per heavy atom. The van der Waals surface area contributed by atoms with E-state index < -0.39 is 0 Å². The van der Waals surface area contributed by atoms with E-state index in [4.69, 9.17) is 0 Å². The van der Waals surface area contributed by atoms with Crippen LogP contribution in [0, 0.1) is 0 Å². The van der Waals surface area contributed by atoms with Crippen LogP contribution >= 0.6 is 15.9 Å². The van der Waals surface area contributed by atoms with E-state index >= 15 is 0 Å². The molecule has 0 spiro atoms. The molecule has 1 aromatic rings. The maximum Gasteiger partial charge on any atom is 0.159 e. The van der Waals surface area contributed by atoms with Gasteiger partial charge in [0.2, 0.25) is 0 Å². The molecule has 20 heavy (non-hydrogen) atoms. The second kappa shape index (κ2) is 6.72. The van der Waals surface area contributed by atoms with Gasteiger partial charge in [-0.2, -0.15) is 0 Å². The molecular weight excluding hydrogens is 316 g/mol. The van der Waals surface area contributed by atoms with Crippen LogP contribution in [0.2, 0.25) is 0 Å². The normalized spacial score (nSPS) is 19.3. The zero-order valence-corrected chi connectivity index (χ0v) is 14.1. The number of benzene rings is 1. The van der Waals surface area contributed by atoms with Crippen LogP contribution in [-0.2, 0) is 0 Å². The highest BCUT2D eigenvalue weighted by atomic mass is 79.9. The topological polar surface area (TPSA) is 23.6 Å². The molecule has 2 rings (SSSR count). The first kappa shape index (κ1) is 15.5. The highest BCUT2D eigenvalue weighted by molar-refractivity contribution is 9.10. The number of likely N-dealkylation sites (tertiary alicyclic amines) is 1. The van der Waals surface area contributed by atoms with Gasteiger partial charge in [0.05, 0.1) is 5.69 Å². The van der Waals surface area contributed by atoms with Crippen LogP contribution in [0.15, 0.2) is 22.7 Å². The largest absolute Gasteiger partial charge is 0.372 e. The molecule has 3 nitrogen and oxygen atoms in total.